The van der Waals surface area contributed by atoms with Crippen LogP contribution in [0.25, 0.3) is 16.9 Å². The summed E-state index contributed by atoms with van der Waals surface area (Å²) < 4.78 is 119. The second-order valence-electron chi connectivity index (χ2n) is 6.70. The second kappa shape index (κ2) is 7.66. The molecule has 31 heavy (non-hydrogen) atoms. The van der Waals surface area contributed by atoms with Gasteiger partial charge in [-0.15, -0.1) is 0 Å². The van der Waals surface area contributed by atoms with Crippen molar-refractivity contribution in [2.75, 3.05) is 6.26 Å². The molecule has 0 saturated carbocycles. The van der Waals surface area contributed by atoms with Crippen LogP contribution in [0.15, 0.2) is 41.3 Å². The van der Waals surface area contributed by atoms with Crippen molar-refractivity contribution >= 4 is 9.84 Å². The van der Waals surface area contributed by atoms with Gasteiger partial charge in [0, 0.05) is 17.9 Å². The third-order valence-corrected chi connectivity index (χ3v) is 5.53. The van der Waals surface area contributed by atoms with Gasteiger partial charge in [0.2, 0.25) is 0 Å². The lowest BCUT2D eigenvalue weighted by atomic mass is 10.0. The molecule has 3 rings (SSSR count). The molecular weight excluding hydrogens is 453 g/mol. The minimum absolute atomic E-state index is 0.133. The van der Waals surface area contributed by atoms with E-state index in [2.05, 4.69) is 5.10 Å². The zero-order valence-electron chi connectivity index (χ0n) is 15.8. The molecule has 0 unspecified atom stereocenters. The Morgan fingerprint density at radius 3 is 2.19 bits per heavy atom. The lowest BCUT2D eigenvalue weighted by Crippen LogP contribution is -2.09. The van der Waals surface area contributed by atoms with Crippen molar-refractivity contribution in [1.82, 2.24) is 9.78 Å². The molecule has 1 heterocycles. The summed E-state index contributed by atoms with van der Waals surface area (Å²) in [6.45, 7) is 1.20. The summed E-state index contributed by atoms with van der Waals surface area (Å²) in [5.74, 6) is -2.70. The molecule has 3 aromatic rings. The number of nitrogens with zero attached hydrogens (tertiary/aromatic N) is 2. The predicted molar refractivity (Wildman–Crippen MR) is 96.7 cm³/mol. The molecule has 0 bridgehead atoms. The molecule has 0 saturated heterocycles. The first-order valence-electron chi connectivity index (χ1n) is 8.46. The number of aromatic nitrogens is 2. The van der Waals surface area contributed by atoms with E-state index in [0.717, 1.165) is 12.1 Å². The van der Waals surface area contributed by atoms with Gasteiger partial charge >= 0.3 is 6.18 Å². The van der Waals surface area contributed by atoms with E-state index in [1.807, 2.05) is 0 Å². The summed E-state index contributed by atoms with van der Waals surface area (Å²) >= 11 is 0. The first-order chi connectivity index (χ1) is 14.2. The van der Waals surface area contributed by atoms with Crippen LogP contribution < -0.4 is 0 Å². The van der Waals surface area contributed by atoms with Crippen LogP contribution in [0.2, 0.25) is 0 Å². The smallest absolute Gasteiger partial charge is 0.230 e. The van der Waals surface area contributed by atoms with Crippen LogP contribution in [0.1, 0.15) is 23.2 Å². The number of hydrogen-bond acceptors (Lipinski definition) is 3. The highest BCUT2D eigenvalue weighted by Crippen LogP contribution is 2.36. The lowest BCUT2D eigenvalue weighted by Gasteiger charge is -2.14. The fourth-order valence-corrected chi connectivity index (χ4v) is 3.68. The van der Waals surface area contributed by atoms with Gasteiger partial charge in [-0.05, 0) is 30.7 Å². The Bertz CT molecular complexity index is 1260. The summed E-state index contributed by atoms with van der Waals surface area (Å²) in [5.41, 5.74) is -3.42. The Morgan fingerprint density at radius 1 is 1.00 bits per heavy atom. The van der Waals surface area contributed by atoms with Crippen molar-refractivity contribution in [3.8, 4) is 16.9 Å². The van der Waals surface area contributed by atoms with E-state index < -0.39 is 55.9 Å². The SMILES string of the molecule is Cc1ccc(-c2cc(C(F)F)nn2-c2cc(F)c(S(C)(=O)=O)cc2F)cc1C(F)(F)F. The average molecular weight is 466 g/mol. The van der Waals surface area contributed by atoms with Crippen molar-refractivity contribution in [2.45, 2.75) is 24.4 Å². The molecule has 0 amide bonds. The molecule has 4 nitrogen and oxygen atoms in total. The van der Waals surface area contributed by atoms with Gasteiger partial charge in [0.25, 0.3) is 6.43 Å². The number of hydrogen-bond donors (Lipinski definition) is 0. The zero-order valence-corrected chi connectivity index (χ0v) is 16.6. The molecule has 0 N–H and O–H groups in total. The molecule has 0 aliphatic rings. The van der Waals surface area contributed by atoms with Gasteiger partial charge in [-0.3, -0.25) is 0 Å². The molecular formula is C19H13F7N2O2S. The van der Waals surface area contributed by atoms with Gasteiger partial charge in [0.15, 0.2) is 9.84 Å². The van der Waals surface area contributed by atoms with E-state index >= 15 is 0 Å². The number of sulfone groups is 1. The molecule has 0 spiro atoms. The van der Waals surface area contributed by atoms with Crippen molar-refractivity contribution < 1.29 is 39.2 Å². The van der Waals surface area contributed by atoms with Gasteiger partial charge in [-0.2, -0.15) is 18.3 Å². The van der Waals surface area contributed by atoms with Crippen molar-refractivity contribution in [1.29, 1.82) is 0 Å². The first-order valence-corrected chi connectivity index (χ1v) is 10.3. The summed E-state index contributed by atoms with van der Waals surface area (Å²) in [6.07, 6.45) is -7.26. The van der Waals surface area contributed by atoms with E-state index in [1.54, 1.807) is 0 Å². The highest BCUT2D eigenvalue weighted by Gasteiger charge is 2.33. The normalized spacial score (nSPS) is 12.6. The average Bonchev–Trinajstić information content (AvgIpc) is 3.07. The van der Waals surface area contributed by atoms with Crippen molar-refractivity contribution in [2.24, 2.45) is 0 Å². The van der Waals surface area contributed by atoms with Gasteiger partial charge in [-0.25, -0.2) is 30.7 Å². The van der Waals surface area contributed by atoms with E-state index in [-0.39, 0.29) is 16.8 Å². The quantitative estimate of drug-likeness (QED) is 0.478. The molecule has 0 atom stereocenters. The van der Waals surface area contributed by atoms with Crippen molar-refractivity contribution in [3.05, 3.63) is 64.9 Å². The molecule has 12 heteroatoms. The lowest BCUT2D eigenvalue weighted by molar-refractivity contribution is -0.138. The minimum atomic E-state index is -4.75. The maximum Gasteiger partial charge on any atom is 0.416 e. The molecule has 0 fully saturated rings. The third kappa shape index (κ3) is 4.43. The van der Waals surface area contributed by atoms with Gasteiger partial charge < -0.3 is 0 Å². The van der Waals surface area contributed by atoms with Crippen LogP contribution in [0, 0.1) is 18.6 Å². The summed E-state index contributed by atoms with van der Waals surface area (Å²) in [6, 6.07) is 4.49. The predicted octanol–water partition coefficient (Wildman–Crippen LogP) is 5.49. The Morgan fingerprint density at radius 2 is 1.65 bits per heavy atom. The van der Waals surface area contributed by atoms with E-state index in [4.69, 9.17) is 0 Å². The van der Waals surface area contributed by atoms with E-state index in [0.29, 0.717) is 29.1 Å². The van der Waals surface area contributed by atoms with Crippen LogP contribution in [0.3, 0.4) is 0 Å². The van der Waals surface area contributed by atoms with Crippen LogP contribution in [0.4, 0.5) is 30.7 Å². The first kappa shape index (κ1) is 22.8. The van der Waals surface area contributed by atoms with Crippen LogP contribution in [0.5, 0.6) is 0 Å². The molecule has 2 aromatic carbocycles. The monoisotopic (exact) mass is 466 g/mol. The third-order valence-electron chi connectivity index (χ3n) is 4.42. The molecule has 166 valence electrons. The summed E-state index contributed by atoms with van der Waals surface area (Å²) in [4.78, 5) is -0.966. The Kier molecular flexibility index (Phi) is 5.63. The fraction of sp³-hybridized carbons (Fsp3) is 0.211. The topological polar surface area (TPSA) is 52.0 Å². The largest absolute Gasteiger partial charge is 0.416 e. The van der Waals surface area contributed by atoms with Crippen LogP contribution in [-0.2, 0) is 16.0 Å². The standard InChI is InChI=1S/C19H13F7N2O2S/c1-9-3-4-10(5-11(9)19(24,25)26)15-8-14(18(22)23)27-28(15)16-6-13(21)17(7-12(16)20)31(2,29)30/h3-8,18H,1-2H3. The molecule has 0 aliphatic heterocycles. The van der Waals surface area contributed by atoms with Crippen LogP contribution >= 0.6 is 0 Å². The highest BCUT2D eigenvalue weighted by molar-refractivity contribution is 7.90. The summed E-state index contributed by atoms with van der Waals surface area (Å²) in [7, 11) is -4.14. The van der Waals surface area contributed by atoms with E-state index in [1.165, 1.54) is 13.0 Å². The minimum Gasteiger partial charge on any atom is -0.230 e. The maximum atomic E-state index is 14.6. The fourth-order valence-electron chi connectivity index (χ4n) is 2.95. The van der Waals surface area contributed by atoms with Gasteiger partial charge in [-0.1, -0.05) is 12.1 Å². The number of halogens is 7. The Labute approximate surface area is 171 Å². The van der Waals surface area contributed by atoms with Crippen molar-refractivity contribution in [3.63, 3.8) is 0 Å². The maximum absolute atomic E-state index is 14.6. The molecule has 1 aromatic heterocycles. The van der Waals surface area contributed by atoms with E-state index in [9.17, 15) is 39.2 Å². The number of alkyl halides is 5. The van der Waals surface area contributed by atoms with Gasteiger partial charge in [0.1, 0.15) is 27.9 Å². The second-order valence-corrected chi connectivity index (χ2v) is 8.68. The zero-order chi connectivity index (χ0) is 23.3. The summed E-state index contributed by atoms with van der Waals surface area (Å²) in [5, 5.41) is 3.49. The highest BCUT2D eigenvalue weighted by atomic mass is 32.2. The molecule has 0 aliphatic carbocycles. The number of rotatable bonds is 4. The van der Waals surface area contributed by atoms with Gasteiger partial charge in [0.05, 0.1) is 11.3 Å². The number of benzene rings is 2. The Hall–Kier alpha value is -2.89. The Balaban J connectivity index is 2.29. The van der Waals surface area contributed by atoms with Crippen LogP contribution in [-0.4, -0.2) is 24.5 Å². The molecule has 0 radical (unpaired) electrons. The number of aryl methyl sites for hydroxylation is 1.